The van der Waals surface area contributed by atoms with Gasteiger partial charge in [0, 0.05) is 12.6 Å². The summed E-state index contributed by atoms with van der Waals surface area (Å²) >= 11 is 0. The molecular weight excluding hydrogens is 213 g/mol. The Morgan fingerprint density at radius 3 is 2.88 bits per heavy atom. The molecule has 1 aromatic rings. The number of nitrogens with one attached hydrogen (secondary N) is 1. The first-order valence-electron chi connectivity index (χ1n) is 4.85. The standard InChI is InChI=1S/C11H14FNO3/c1-7(14)9-5-8(12)3-4-10(9)16-6-11(15)13-2/h3-5,7,14H,6H2,1-2H3,(H,13,15). The zero-order chi connectivity index (χ0) is 12.1. The molecule has 0 spiro atoms. The van der Waals surface area contributed by atoms with Gasteiger partial charge in [0.05, 0.1) is 6.10 Å². The minimum absolute atomic E-state index is 0.165. The van der Waals surface area contributed by atoms with Crippen molar-refractivity contribution in [3.63, 3.8) is 0 Å². The summed E-state index contributed by atoms with van der Waals surface area (Å²) in [6, 6.07) is 3.79. The molecule has 0 aromatic heterocycles. The molecule has 0 aliphatic heterocycles. The molecule has 0 heterocycles. The van der Waals surface area contributed by atoms with Crippen LogP contribution in [0.25, 0.3) is 0 Å². The van der Waals surface area contributed by atoms with Gasteiger partial charge in [-0.1, -0.05) is 0 Å². The Morgan fingerprint density at radius 1 is 1.62 bits per heavy atom. The molecule has 0 saturated carbocycles. The van der Waals surface area contributed by atoms with Gasteiger partial charge in [-0.3, -0.25) is 4.79 Å². The quantitative estimate of drug-likeness (QED) is 0.806. The van der Waals surface area contributed by atoms with Crippen LogP contribution in [0.1, 0.15) is 18.6 Å². The highest BCUT2D eigenvalue weighted by molar-refractivity contribution is 5.77. The fraction of sp³-hybridized carbons (Fsp3) is 0.364. The molecule has 0 radical (unpaired) electrons. The molecular formula is C11H14FNO3. The van der Waals surface area contributed by atoms with Gasteiger partial charge in [-0.15, -0.1) is 0 Å². The second-order valence-corrected chi connectivity index (χ2v) is 3.32. The summed E-state index contributed by atoms with van der Waals surface area (Å²) in [4.78, 5) is 11.0. The number of likely N-dealkylation sites (N-methyl/N-ethyl adjacent to an activating group) is 1. The maximum absolute atomic E-state index is 12.9. The van der Waals surface area contributed by atoms with E-state index >= 15 is 0 Å². The van der Waals surface area contributed by atoms with Crippen molar-refractivity contribution >= 4 is 5.91 Å². The van der Waals surface area contributed by atoms with Crippen molar-refractivity contribution in [2.45, 2.75) is 13.0 Å². The van der Waals surface area contributed by atoms with Gasteiger partial charge in [0.25, 0.3) is 5.91 Å². The molecule has 1 atom stereocenters. The number of benzene rings is 1. The van der Waals surface area contributed by atoms with Crippen molar-refractivity contribution in [1.29, 1.82) is 0 Å². The van der Waals surface area contributed by atoms with Crippen LogP contribution in [0.2, 0.25) is 0 Å². The van der Waals surface area contributed by atoms with E-state index in [9.17, 15) is 14.3 Å². The Hall–Kier alpha value is -1.62. The van der Waals surface area contributed by atoms with Crippen molar-refractivity contribution in [2.24, 2.45) is 0 Å². The van der Waals surface area contributed by atoms with Crippen LogP contribution in [0, 0.1) is 5.82 Å². The smallest absolute Gasteiger partial charge is 0.257 e. The number of carbonyl (C=O) groups excluding carboxylic acids is 1. The summed E-state index contributed by atoms with van der Waals surface area (Å²) in [7, 11) is 1.49. The van der Waals surface area contributed by atoms with Crippen molar-refractivity contribution in [2.75, 3.05) is 13.7 Å². The van der Waals surface area contributed by atoms with E-state index in [0.717, 1.165) is 0 Å². The topological polar surface area (TPSA) is 58.6 Å². The Labute approximate surface area is 93.0 Å². The first kappa shape index (κ1) is 12.4. The number of ether oxygens (including phenoxy) is 1. The van der Waals surface area contributed by atoms with Crippen LogP contribution in [-0.2, 0) is 4.79 Å². The van der Waals surface area contributed by atoms with E-state index in [2.05, 4.69) is 5.32 Å². The van der Waals surface area contributed by atoms with E-state index < -0.39 is 11.9 Å². The van der Waals surface area contributed by atoms with Crippen LogP contribution in [0.4, 0.5) is 4.39 Å². The second-order valence-electron chi connectivity index (χ2n) is 3.32. The van der Waals surface area contributed by atoms with Gasteiger partial charge in [0.2, 0.25) is 0 Å². The number of halogens is 1. The number of aliphatic hydroxyl groups is 1. The fourth-order valence-electron chi connectivity index (χ4n) is 1.19. The zero-order valence-corrected chi connectivity index (χ0v) is 9.16. The predicted octanol–water partition coefficient (Wildman–Crippen LogP) is 1.00. The van der Waals surface area contributed by atoms with Gasteiger partial charge >= 0.3 is 0 Å². The van der Waals surface area contributed by atoms with Crippen LogP contribution in [0.5, 0.6) is 5.75 Å². The van der Waals surface area contributed by atoms with Crippen molar-refractivity contribution < 1.29 is 19.0 Å². The van der Waals surface area contributed by atoms with Crippen LogP contribution in [0.3, 0.4) is 0 Å². The summed E-state index contributed by atoms with van der Waals surface area (Å²) in [5.74, 6) is -0.441. The van der Waals surface area contributed by atoms with E-state index in [1.807, 2.05) is 0 Å². The Balaban J connectivity index is 2.82. The average molecular weight is 227 g/mol. The summed E-state index contributed by atoms with van der Waals surface area (Å²) in [5, 5.41) is 11.8. The molecule has 16 heavy (non-hydrogen) atoms. The second kappa shape index (κ2) is 5.46. The van der Waals surface area contributed by atoms with E-state index in [1.54, 1.807) is 0 Å². The molecule has 1 rings (SSSR count). The van der Waals surface area contributed by atoms with E-state index in [1.165, 1.54) is 32.2 Å². The molecule has 1 unspecified atom stereocenters. The molecule has 2 N–H and O–H groups in total. The van der Waals surface area contributed by atoms with Crippen molar-refractivity contribution in [1.82, 2.24) is 5.32 Å². The first-order chi connectivity index (χ1) is 7.54. The minimum Gasteiger partial charge on any atom is -0.483 e. The normalized spacial score (nSPS) is 12.0. The average Bonchev–Trinajstić information content (AvgIpc) is 2.26. The zero-order valence-electron chi connectivity index (χ0n) is 9.16. The van der Waals surface area contributed by atoms with Gasteiger partial charge in [-0.25, -0.2) is 4.39 Å². The molecule has 0 bridgehead atoms. The van der Waals surface area contributed by atoms with Crippen LogP contribution < -0.4 is 10.1 Å². The van der Waals surface area contributed by atoms with E-state index in [-0.39, 0.29) is 12.5 Å². The summed E-state index contributed by atoms with van der Waals surface area (Å²) < 4.78 is 18.1. The maximum atomic E-state index is 12.9. The monoisotopic (exact) mass is 227 g/mol. The third-order valence-electron chi connectivity index (χ3n) is 2.06. The third-order valence-corrected chi connectivity index (χ3v) is 2.06. The Kier molecular flexibility index (Phi) is 4.25. The van der Waals surface area contributed by atoms with Gasteiger partial charge in [0.15, 0.2) is 6.61 Å². The lowest BCUT2D eigenvalue weighted by Gasteiger charge is -2.12. The van der Waals surface area contributed by atoms with E-state index in [0.29, 0.717) is 11.3 Å². The number of aliphatic hydroxyl groups excluding tert-OH is 1. The van der Waals surface area contributed by atoms with Gasteiger partial charge in [-0.2, -0.15) is 0 Å². The highest BCUT2D eigenvalue weighted by atomic mass is 19.1. The SMILES string of the molecule is CNC(=O)COc1ccc(F)cc1C(C)O. The van der Waals surface area contributed by atoms with Gasteiger partial charge < -0.3 is 15.2 Å². The number of hydrogen-bond donors (Lipinski definition) is 2. The van der Waals surface area contributed by atoms with Crippen molar-refractivity contribution in [3.05, 3.63) is 29.6 Å². The summed E-state index contributed by atoms with van der Waals surface area (Å²) in [6.07, 6.45) is -0.851. The lowest BCUT2D eigenvalue weighted by atomic mass is 10.1. The molecule has 88 valence electrons. The van der Waals surface area contributed by atoms with Gasteiger partial charge in [-0.05, 0) is 25.1 Å². The van der Waals surface area contributed by atoms with Gasteiger partial charge in [0.1, 0.15) is 11.6 Å². The first-order valence-corrected chi connectivity index (χ1v) is 4.85. The number of rotatable bonds is 4. The predicted molar refractivity (Wildman–Crippen MR) is 56.6 cm³/mol. The molecule has 1 amide bonds. The number of amides is 1. The van der Waals surface area contributed by atoms with Crippen LogP contribution in [-0.4, -0.2) is 24.7 Å². The molecule has 0 aliphatic carbocycles. The highest BCUT2D eigenvalue weighted by Gasteiger charge is 2.11. The molecule has 0 fully saturated rings. The largest absolute Gasteiger partial charge is 0.483 e. The summed E-state index contributed by atoms with van der Waals surface area (Å²) in [6.45, 7) is 1.34. The van der Waals surface area contributed by atoms with E-state index in [4.69, 9.17) is 4.74 Å². The minimum atomic E-state index is -0.851. The number of hydrogen-bond acceptors (Lipinski definition) is 3. The maximum Gasteiger partial charge on any atom is 0.257 e. The highest BCUT2D eigenvalue weighted by Crippen LogP contribution is 2.25. The summed E-state index contributed by atoms with van der Waals surface area (Å²) in [5.41, 5.74) is 0.323. The Morgan fingerprint density at radius 2 is 2.31 bits per heavy atom. The van der Waals surface area contributed by atoms with Crippen LogP contribution in [0.15, 0.2) is 18.2 Å². The molecule has 5 heteroatoms. The molecule has 1 aromatic carbocycles. The fourth-order valence-corrected chi connectivity index (χ4v) is 1.19. The third kappa shape index (κ3) is 3.20. The lowest BCUT2D eigenvalue weighted by Crippen LogP contribution is -2.25. The van der Waals surface area contributed by atoms with Crippen LogP contribution >= 0.6 is 0 Å². The number of carbonyl (C=O) groups is 1. The Bertz CT molecular complexity index is 379. The molecule has 4 nitrogen and oxygen atoms in total. The molecule has 0 saturated heterocycles. The van der Waals surface area contributed by atoms with Crippen molar-refractivity contribution in [3.8, 4) is 5.75 Å². The molecule has 0 aliphatic rings. The lowest BCUT2D eigenvalue weighted by molar-refractivity contribution is -0.122.